The van der Waals surface area contributed by atoms with Crippen LogP contribution in [0.3, 0.4) is 0 Å². The molecule has 0 unspecified atom stereocenters. The first-order valence-corrected chi connectivity index (χ1v) is 7.68. The van der Waals surface area contributed by atoms with Gasteiger partial charge in [0.15, 0.2) is 0 Å². The number of carboxylic acids is 1. The second-order valence-corrected chi connectivity index (χ2v) is 6.58. The Kier molecular flexibility index (Phi) is 8.21. The van der Waals surface area contributed by atoms with Gasteiger partial charge in [-0.05, 0) is 26.7 Å². The van der Waals surface area contributed by atoms with E-state index in [1.54, 1.807) is 27.7 Å². The van der Waals surface area contributed by atoms with Crippen LogP contribution in [0.2, 0.25) is 0 Å². The summed E-state index contributed by atoms with van der Waals surface area (Å²) in [5, 5.41) is 13.7. The molecule has 0 aliphatic rings. The van der Waals surface area contributed by atoms with E-state index >= 15 is 0 Å². The molecule has 9 nitrogen and oxygen atoms in total. The van der Waals surface area contributed by atoms with E-state index in [4.69, 9.17) is 15.6 Å². The fraction of sp³-hybridized carbons (Fsp3) is 0.733. The Morgan fingerprint density at radius 2 is 1.71 bits per heavy atom. The first-order valence-electron chi connectivity index (χ1n) is 7.68. The number of carbonyl (C=O) groups is 4. The van der Waals surface area contributed by atoms with E-state index in [0.29, 0.717) is 6.42 Å². The van der Waals surface area contributed by atoms with Gasteiger partial charge >= 0.3 is 12.1 Å². The number of amides is 3. The zero-order valence-corrected chi connectivity index (χ0v) is 14.7. The van der Waals surface area contributed by atoms with Crippen LogP contribution < -0.4 is 16.4 Å². The number of carboxylic acid groups (broad SMARTS) is 1. The highest BCUT2D eigenvalue weighted by molar-refractivity contribution is 5.91. The minimum atomic E-state index is -1.46. The molecule has 24 heavy (non-hydrogen) atoms. The van der Waals surface area contributed by atoms with Gasteiger partial charge in [0.2, 0.25) is 11.8 Å². The molecule has 0 spiro atoms. The first-order chi connectivity index (χ1) is 10.9. The third-order valence-corrected chi connectivity index (χ3v) is 3.19. The average molecular weight is 345 g/mol. The molecule has 0 fully saturated rings. The highest BCUT2D eigenvalue weighted by Gasteiger charge is 2.31. The summed E-state index contributed by atoms with van der Waals surface area (Å²) in [4.78, 5) is 46.2. The molecule has 0 saturated heterocycles. The van der Waals surface area contributed by atoms with Gasteiger partial charge in [-0.2, -0.15) is 0 Å². The number of nitrogens with two attached hydrogens (primary N) is 1. The van der Waals surface area contributed by atoms with Crippen LogP contribution in [-0.2, 0) is 19.1 Å². The number of primary amides is 1. The predicted octanol–water partition coefficient (Wildman–Crippen LogP) is 0.371. The maximum Gasteiger partial charge on any atom is 0.408 e. The van der Waals surface area contributed by atoms with Crippen molar-refractivity contribution in [2.75, 3.05) is 0 Å². The minimum Gasteiger partial charge on any atom is -0.480 e. The van der Waals surface area contributed by atoms with Crippen molar-refractivity contribution in [2.45, 2.75) is 65.1 Å². The zero-order chi connectivity index (χ0) is 19.1. The molecule has 138 valence electrons. The van der Waals surface area contributed by atoms with Crippen molar-refractivity contribution in [1.82, 2.24) is 10.6 Å². The Morgan fingerprint density at radius 3 is 2.08 bits per heavy atom. The fourth-order valence-corrected chi connectivity index (χ4v) is 1.80. The second kappa shape index (κ2) is 9.09. The summed E-state index contributed by atoms with van der Waals surface area (Å²) in [5.41, 5.74) is 4.24. The van der Waals surface area contributed by atoms with Gasteiger partial charge in [-0.25, -0.2) is 9.59 Å². The van der Waals surface area contributed by atoms with Crippen molar-refractivity contribution in [2.24, 2.45) is 11.7 Å². The molecule has 0 aliphatic carbocycles. The minimum absolute atomic E-state index is 0.277. The summed E-state index contributed by atoms with van der Waals surface area (Å²) < 4.78 is 5.11. The normalized spacial score (nSPS) is 14.9. The Balaban J connectivity index is 5.09. The van der Waals surface area contributed by atoms with Gasteiger partial charge in [-0.1, -0.05) is 20.3 Å². The topological polar surface area (TPSA) is 148 Å². The van der Waals surface area contributed by atoms with Crippen LogP contribution in [0.5, 0.6) is 0 Å². The van der Waals surface area contributed by atoms with Crippen molar-refractivity contribution in [3.63, 3.8) is 0 Å². The summed E-state index contributed by atoms with van der Waals surface area (Å²) in [7, 11) is 0. The number of hydrogen-bond donors (Lipinski definition) is 4. The van der Waals surface area contributed by atoms with Crippen molar-refractivity contribution < 1.29 is 29.0 Å². The third-order valence-electron chi connectivity index (χ3n) is 3.19. The number of alkyl carbamates (subject to hydrolysis) is 1. The van der Waals surface area contributed by atoms with E-state index in [2.05, 4.69) is 10.6 Å². The predicted molar refractivity (Wildman–Crippen MR) is 86.0 cm³/mol. The van der Waals surface area contributed by atoms with Crippen LogP contribution in [0, 0.1) is 5.92 Å². The lowest BCUT2D eigenvalue weighted by atomic mass is 9.98. The lowest BCUT2D eigenvalue weighted by Gasteiger charge is -2.27. The Labute approximate surface area is 141 Å². The maximum atomic E-state index is 12.3. The molecule has 0 bridgehead atoms. The van der Waals surface area contributed by atoms with Crippen LogP contribution in [0.25, 0.3) is 0 Å². The molecule has 0 rings (SSSR count). The summed E-state index contributed by atoms with van der Waals surface area (Å²) in [6.45, 7) is 8.58. The van der Waals surface area contributed by atoms with Gasteiger partial charge in [0.25, 0.3) is 0 Å². The lowest BCUT2D eigenvalue weighted by Crippen LogP contribution is -2.55. The molecule has 0 aromatic carbocycles. The molecule has 0 radical (unpaired) electrons. The van der Waals surface area contributed by atoms with Crippen molar-refractivity contribution in [3.05, 3.63) is 0 Å². The molecule has 3 atom stereocenters. The quantitative estimate of drug-likeness (QED) is 0.499. The highest BCUT2D eigenvalue weighted by Crippen LogP contribution is 2.11. The first kappa shape index (κ1) is 21.7. The maximum absolute atomic E-state index is 12.3. The Morgan fingerprint density at radius 1 is 1.17 bits per heavy atom. The van der Waals surface area contributed by atoms with Gasteiger partial charge < -0.3 is 26.2 Å². The van der Waals surface area contributed by atoms with E-state index < -0.39 is 48.0 Å². The molecule has 5 N–H and O–H groups in total. The van der Waals surface area contributed by atoms with Crippen LogP contribution in [0.4, 0.5) is 4.79 Å². The van der Waals surface area contributed by atoms with E-state index in [9.17, 15) is 19.2 Å². The monoisotopic (exact) mass is 345 g/mol. The lowest BCUT2D eigenvalue weighted by molar-refractivity contribution is -0.143. The van der Waals surface area contributed by atoms with Crippen molar-refractivity contribution >= 4 is 23.9 Å². The van der Waals surface area contributed by atoms with Gasteiger partial charge in [0.1, 0.15) is 17.7 Å². The van der Waals surface area contributed by atoms with Gasteiger partial charge in [-0.3, -0.25) is 9.59 Å². The summed E-state index contributed by atoms with van der Waals surface area (Å²) >= 11 is 0. The number of hydrogen-bond acceptors (Lipinski definition) is 5. The molecule has 0 aromatic rings. The summed E-state index contributed by atoms with van der Waals surface area (Å²) in [5.74, 6) is -3.24. The number of carbonyl (C=O) groups excluding carboxylic acids is 3. The van der Waals surface area contributed by atoms with Crippen LogP contribution in [0.1, 0.15) is 47.5 Å². The molecule has 0 aromatic heterocycles. The Hall–Kier alpha value is -2.32. The largest absolute Gasteiger partial charge is 0.480 e. The van der Waals surface area contributed by atoms with E-state index in [1.807, 2.05) is 6.92 Å². The molecule has 3 amide bonds. The molecular formula is C15H27N3O6. The van der Waals surface area contributed by atoms with Crippen molar-refractivity contribution in [3.8, 4) is 0 Å². The smallest absolute Gasteiger partial charge is 0.408 e. The summed E-state index contributed by atoms with van der Waals surface area (Å²) in [6.07, 6.45) is -0.771. The second-order valence-electron chi connectivity index (χ2n) is 6.58. The van der Waals surface area contributed by atoms with Crippen LogP contribution in [0.15, 0.2) is 0 Å². The van der Waals surface area contributed by atoms with E-state index in [1.165, 1.54) is 0 Å². The van der Waals surface area contributed by atoms with Gasteiger partial charge in [0, 0.05) is 0 Å². The SMILES string of the molecule is CC[C@H](C)[C@H](NC(=O)OC(C)(C)C)C(=O)N[C@@H](CC(N)=O)C(=O)O. The Bertz CT molecular complexity index is 486. The van der Waals surface area contributed by atoms with Crippen molar-refractivity contribution in [1.29, 1.82) is 0 Å². The molecule has 0 heterocycles. The number of aliphatic carboxylic acids is 1. The van der Waals surface area contributed by atoms with E-state index in [-0.39, 0.29) is 5.92 Å². The van der Waals surface area contributed by atoms with Crippen LogP contribution in [-0.4, -0.2) is 46.7 Å². The van der Waals surface area contributed by atoms with Gasteiger partial charge in [0.05, 0.1) is 6.42 Å². The third kappa shape index (κ3) is 8.35. The zero-order valence-electron chi connectivity index (χ0n) is 14.7. The van der Waals surface area contributed by atoms with Gasteiger partial charge in [-0.15, -0.1) is 0 Å². The van der Waals surface area contributed by atoms with Crippen LogP contribution >= 0.6 is 0 Å². The fourth-order valence-electron chi connectivity index (χ4n) is 1.80. The standard InChI is InChI=1S/C15H27N3O6/c1-6-8(2)11(18-14(23)24-15(3,4)5)12(20)17-9(13(21)22)7-10(16)19/h8-9,11H,6-7H2,1-5H3,(H2,16,19)(H,17,20)(H,18,23)(H,21,22)/t8-,9-,11-/m0/s1. The molecular weight excluding hydrogens is 318 g/mol. The molecule has 0 saturated carbocycles. The highest BCUT2D eigenvalue weighted by atomic mass is 16.6. The average Bonchev–Trinajstić information content (AvgIpc) is 2.40. The number of nitrogens with one attached hydrogen (secondary N) is 2. The van der Waals surface area contributed by atoms with E-state index in [0.717, 1.165) is 0 Å². The molecule has 9 heteroatoms. The summed E-state index contributed by atoms with van der Waals surface area (Å²) in [6, 6.07) is -2.46. The number of ether oxygens (including phenoxy) is 1. The number of rotatable bonds is 8. The molecule has 0 aliphatic heterocycles.